The maximum atomic E-state index is 12.4. The van der Waals surface area contributed by atoms with Crippen molar-refractivity contribution >= 4 is 29.3 Å². The zero-order valence-electron chi connectivity index (χ0n) is 17.1. The van der Waals surface area contributed by atoms with Crippen LogP contribution in [0.3, 0.4) is 0 Å². The number of hydrogen-bond acceptors (Lipinski definition) is 3. The standard InChI is InChI=1S/C23H31Cl2NO3/c1-23-9-8-18-17-5-3-16(29-22(28)26(12-10-24)13-11-25)14-15(17)2-4-19(18)20(23)6-7-21(23)27/h3,5,14,18-21,27H,2,4,6-13H2,1H3/t18-,19-,20+,21-,23+/m1/s1. The molecular formula is C23H31Cl2NO3. The van der Waals surface area contributed by atoms with Gasteiger partial charge in [-0.15, -0.1) is 23.2 Å². The van der Waals surface area contributed by atoms with Crippen LogP contribution in [-0.2, 0) is 6.42 Å². The van der Waals surface area contributed by atoms with E-state index in [9.17, 15) is 9.90 Å². The molecule has 4 nitrogen and oxygen atoms in total. The normalized spacial score (nSPS) is 32.8. The van der Waals surface area contributed by atoms with Crippen LogP contribution in [0.1, 0.15) is 56.1 Å². The fraction of sp³-hybridized carbons (Fsp3) is 0.696. The number of rotatable bonds is 5. The maximum absolute atomic E-state index is 12.4. The smallest absolute Gasteiger partial charge is 0.410 e. The van der Waals surface area contributed by atoms with Crippen molar-refractivity contribution in [2.45, 2.75) is 57.5 Å². The number of fused-ring (bicyclic) bond motifs is 5. The lowest BCUT2D eigenvalue weighted by molar-refractivity contribution is -0.0226. The van der Waals surface area contributed by atoms with E-state index in [4.69, 9.17) is 27.9 Å². The highest BCUT2D eigenvalue weighted by molar-refractivity contribution is 6.18. The summed E-state index contributed by atoms with van der Waals surface area (Å²) in [7, 11) is 0. The van der Waals surface area contributed by atoms with Crippen LogP contribution in [0.4, 0.5) is 4.79 Å². The van der Waals surface area contributed by atoms with E-state index in [-0.39, 0.29) is 11.5 Å². The molecule has 0 aliphatic heterocycles. The fourth-order valence-electron chi connectivity index (χ4n) is 6.26. The van der Waals surface area contributed by atoms with Crippen LogP contribution in [0.25, 0.3) is 0 Å². The molecule has 5 atom stereocenters. The van der Waals surface area contributed by atoms with Crippen molar-refractivity contribution in [3.8, 4) is 5.75 Å². The van der Waals surface area contributed by atoms with E-state index in [0.717, 1.165) is 38.5 Å². The monoisotopic (exact) mass is 439 g/mol. The molecule has 6 heteroatoms. The number of aliphatic hydroxyl groups is 1. The quantitative estimate of drug-likeness (QED) is 0.642. The summed E-state index contributed by atoms with van der Waals surface area (Å²) in [6, 6.07) is 6.13. The number of carbonyl (C=O) groups excluding carboxylic acids is 1. The topological polar surface area (TPSA) is 49.8 Å². The third-order valence-electron chi connectivity index (χ3n) is 7.82. The zero-order chi connectivity index (χ0) is 20.6. The Morgan fingerprint density at radius 2 is 1.97 bits per heavy atom. The summed E-state index contributed by atoms with van der Waals surface area (Å²) in [5, 5.41) is 10.5. The maximum Gasteiger partial charge on any atom is 0.415 e. The van der Waals surface area contributed by atoms with Crippen LogP contribution >= 0.6 is 23.2 Å². The van der Waals surface area contributed by atoms with Gasteiger partial charge in [-0.25, -0.2) is 4.79 Å². The Labute approximate surface area is 183 Å². The highest BCUT2D eigenvalue weighted by Crippen LogP contribution is 2.60. The number of carbonyl (C=O) groups is 1. The molecule has 160 valence electrons. The fourth-order valence-corrected chi connectivity index (χ4v) is 6.67. The summed E-state index contributed by atoms with van der Waals surface area (Å²) >= 11 is 11.6. The van der Waals surface area contributed by atoms with Gasteiger partial charge in [0.2, 0.25) is 0 Å². The highest BCUT2D eigenvalue weighted by atomic mass is 35.5. The number of alkyl halides is 2. The van der Waals surface area contributed by atoms with E-state index in [1.165, 1.54) is 11.1 Å². The molecule has 1 aromatic carbocycles. The molecule has 0 bridgehead atoms. The molecular weight excluding hydrogens is 409 g/mol. The molecule has 0 saturated heterocycles. The second kappa shape index (κ2) is 8.64. The highest BCUT2D eigenvalue weighted by Gasteiger charge is 2.54. The lowest BCUT2D eigenvalue weighted by Gasteiger charge is -2.50. The third-order valence-corrected chi connectivity index (χ3v) is 8.16. The zero-order valence-corrected chi connectivity index (χ0v) is 18.6. The average molecular weight is 440 g/mol. The van der Waals surface area contributed by atoms with Gasteiger partial charge in [-0.2, -0.15) is 0 Å². The molecule has 0 radical (unpaired) electrons. The van der Waals surface area contributed by atoms with E-state index in [2.05, 4.69) is 13.0 Å². The first-order valence-corrected chi connectivity index (χ1v) is 11.9. The van der Waals surface area contributed by atoms with Crippen molar-refractivity contribution in [2.24, 2.45) is 17.3 Å². The summed E-state index contributed by atoms with van der Waals surface area (Å²) < 4.78 is 5.62. The van der Waals surface area contributed by atoms with Gasteiger partial charge in [0, 0.05) is 24.8 Å². The molecule has 1 aromatic rings. The van der Waals surface area contributed by atoms with Crippen molar-refractivity contribution in [1.29, 1.82) is 0 Å². The lowest BCUT2D eigenvalue weighted by Crippen LogP contribution is -2.43. The Bertz CT molecular complexity index is 752. The molecule has 4 rings (SSSR count). The van der Waals surface area contributed by atoms with Crippen LogP contribution < -0.4 is 4.74 Å². The first-order chi connectivity index (χ1) is 14.0. The number of aryl methyl sites for hydroxylation is 1. The van der Waals surface area contributed by atoms with Crippen molar-refractivity contribution < 1.29 is 14.6 Å². The molecule has 3 aliphatic carbocycles. The molecule has 0 spiro atoms. The number of benzene rings is 1. The Morgan fingerprint density at radius 1 is 1.21 bits per heavy atom. The minimum atomic E-state index is -0.395. The number of amides is 1. The molecule has 1 amide bonds. The summed E-state index contributed by atoms with van der Waals surface area (Å²) in [5.41, 5.74) is 2.82. The Balaban J connectivity index is 1.49. The number of aliphatic hydroxyl groups excluding tert-OH is 1. The second-order valence-corrected chi connectivity index (χ2v) is 9.90. The van der Waals surface area contributed by atoms with Crippen molar-refractivity contribution in [3.05, 3.63) is 29.3 Å². The van der Waals surface area contributed by atoms with Gasteiger partial charge in [-0.3, -0.25) is 0 Å². The Kier molecular flexibility index (Phi) is 6.34. The van der Waals surface area contributed by atoms with E-state index >= 15 is 0 Å². The molecule has 29 heavy (non-hydrogen) atoms. The number of halogens is 2. The van der Waals surface area contributed by atoms with E-state index < -0.39 is 6.09 Å². The van der Waals surface area contributed by atoms with Crippen LogP contribution in [0.15, 0.2) is 18.2 Å². The van der Waals surface area contributed by atoms with Gasteiger partial charge in [0.05, 0.1) is 6.10 Å². The largest absolute Gasteiger partial charge is 0.415 e. The van der Waals surface area contributed by atoms with Gasteiger partial charge in [0.15, 0.2) is 0 Å². The number of ether oxygens (including phenoxy) is 1. The predicted octanol–water partition coefficient (Wildman–Crippen LogP) is 5.18. The summed E-state index contributed by atoms with van der Waals surface area (Å²) in [5.74, 6) is 3.16. The van der Waals surface area contributed by atoms with Crippen LogP contribution in [0, 0.1) is 17.3 Å². The molecule has 0 heterocycles. The Hall–Kier alpha value is -0.970. The first-order valence-electron chi connectivity index (χ1n) is 10.9. The van der Waals surface area contributed by atoms with E-state index in [1.54, 1.807) is 4.90 Å². The van der Waals surface area contributed by atoms with Crippen molar-refractivity contribution in [1.82, 2.24) is 4.90 Å². The number of hydrogen-bond donors (Lipinski definition) is 1. The Morgan fingerprint density at radius 3 is 2.69 bits per heavy atom. The number of nitrogens with zero attached hydrogens (tertiary/aromatic N) is 1. The van der Waals surface area contributed by atoms with Gasteiger partial charge in [-0.05, 0) is 85.0 Å². The van der Waals surface area contributed by atoms with Gasteiger partial charge < -0.3 is 14.7 Å². The molecule has 2 fully saturated rings. The predicted molar refractivity (Wildman–Crippen MR) is 116 cm³/mol. The summed E-state index contributed by atoms with van der Waals surface area (Å²) in [4.78, 5) is 14.0. The van der Waals surface area contributed by atoms with E-state index in [0.29, 0.717) is 48.4 Å². The third kappa shape index (κ3) is 3.88. The molecule has 3 aliphatic rings. The molecule has 2 saturated carbocycles. The summed E-state index contributed by atoms with van der Waals surface area (Å²) in [6.07, 6.45) is 5.98. The SMILES string of the molecule is C[C@]12CC[C@@H]3c4ccc(OC(=O)N(CCCl)CCCl)cc4CC[C@H]3[C@@H]1CC[C@H]2O. The second-order valence-electron chi connectivity index (χ2n) is 9.15. The van der Waals surface area contributed by atoms with Crippen LogP contribution in [0.5, 0.6) is 5.75 Å². The summed E-state index contributed by atoms with van der Waals surface area (Å²) in [6.45, 7) is 3.15. The van der Waals surface area contributed by atoms with Gasteiger partial charge >= 0.3 is 6.09 Å². The molecule has 1 N–H and O–H groups in total. The van der Waals surface area contributed by atoms with Gasteiger partial charge in [-0.1, -0.05) is 13.0 Å². The minimum Gasteiger partial charge on any atom is -0.410 e. The van der Waals surface area contributed by atoms with Crippen LogP contribution in [0.2, 0.25) is 0 Å². The van der Waals surface area contributed by atoms with E-state index in [1.807, 2.05) is 12.1 Å². The molecule has 0 unspecified atom stereocenters. The lowest BCUT2D eigenvalue weighted by atomic mass is 9.55. The van der Waals surface area contributed by atoms with Crippen molar-refractivity contribution in [3.63, 3.8) is 0 Å². The van der Waals surface area contributed by atoms with Crippen LogP contribution in [-0.4, -0.2) is 47.1 Å². The van der Waals surface area contributed by atoms with Gasteiger partial charge in [0.25, 0.3) is 0 Å². The van der Waals surface area contributed by atoms with Crippen molar-refractivity contribution in [2.75, 3.05) is 24.8 Å². The first kappa shape index (κ1) is 21.3. The minimum absolute atomic E-state index is 0.0996. The van der Waals surface area contributed by atoms with Gasteiger partial charge in [0.1, 0.15) is 5.75 Å². The average Bonchev–Trinajstić information content (AvgIpc) is 3.02. The molecule has 0 aromatic heterocycles.